The lowest BCUT2D eigenvalue weighted by atomic mass is 9.79. The van der Waals surface area contributed by atoms with Crippen molar-refractivity contribution >= 4 is 40.6 Å². The Morgan fingerprint density at radius 2 is 1.38 bits per heavy atom. The number of benzene rings is 1. The third kappa shape index (κ3) is 4.85. The number of carbonyl (C=O) groups is 1. The molecule has 0 aliphatic heterocycles. The maximum absolute atomic E-state index is 12.5. The van der Waals surface area contributed by atoms with E-state index in [1.165, 1.54) is 11.1 Å². The van der Waals surface area contributed by atoms with Crippen molar-refractivity contribution in [2.75, 3.05) is 0 Å². The fourth-order valence-corrected chi connectivity index (χ4v) is 3.33. The quantitative estimate of drug-likeness (QED) is 0.520. The summed E-state index contributed by atoms with van der Waals surface area (Å²) in [7, 11) is 0. The average Bonchev–Trinajstić information content (AvgIpc) is 2.78. The number of hydrogen-bond donors (Lipinski definition) is 1. The lowest BCUT2D eigenvalue weighted by molar-refractivity contribution is 0.0979. The number of ketones is 1. The molecule has 0 aliphatic rings. The highest BCUT2D eigenvalue weighted by molar-refractivity contribution is 6.49. The van der Waals surface area contributed by atoms with E-state index in [1.807, 2.05) is 0 Å². The van der Waals surface area contributed by atoms with Gasteiger partial charge in [-0.15, -0.1) is 0 Å². The topological polar surface area (TPSA) is 32.9 Å². The number of aromatic nitrogens is 1. The van der Waals surface area contributed by atoms with Gasteiger partial charge in [0.1, 0.15) is 10.8 Å². The maximum atomic E-state index is 12.5. The highest BCUT2D eigenvalue weighted by Gasteiger charge is 2.22. The van der Waals surface area contributed by atoms with Gasteiger partial charge in [0.25, 0.3) is 0 Å². The Bertz CT molecular complexity index is 791. The van der Waals surface area contributed by atoms with Gasteiger partial charge in [0.2, 0.25) is 0 Å². The first-order valence-corrected chi connectivity index (χ1v) is 9.84. The second-order valence-electron chi connectivity index (χ2n) is 8.78. The Hall–Kier alpha value is -0.960. The van der Waals surface area contributed by atoms with E-state index in [9.17, 15) is 4.79 Å². The van der Waals surface area contributed by atoms with Crippen molar-refractivity contribution in [2.45, 2.75) is 65.2 Å². The first kappa shape index (κ1) is 21.3. The molecular weight excluding hydrogens is 389 g/mol. The van der Waals surface area contributed by atoms with Crippen LogP contribution in [0.25, 0.3) is 0 Å². The molecule has 0 bridgehead atoms. The number of halogens is 3. The van der Waals surface area contributed by atoms with Crippen LogP contribution in [0.4, 0.5) is 0 Å². The van der Waals surface area contributed by atoms with Crippen molar-refractivity contribution in [1.29, 1.82) is 0 Å². The first-order valence-electron chi connectivity index (χ1n) is 8.71. The van der Waals surface area contributed by atoms with Gasteiger partial charge >= 0.3 is 0 Å². The maximum Gasteiger partial charge on any atom is 0.180 e. The van der Waals surface area contributed by atoms with Crippen LogP contribution in [0.15, 0.2) is 18.2 Å². The molecule has 2 rings (SSSR count). The van der Waals surface area contributed by atoms with E-state index in [0.717, 1.165) is 5.56 Å². The number of Topliss-reactive ketones (excluding diaryl/α,β-unsaturated/α-hetero) is 1. The number of rotatable bonds is 4. The Kier molecular flexibility index (Phi) is 6.22. The molecule has 0 radical (unpaired) electrons. The van der Waals surface area contributed by atoms with Crippen molar-refractivity contribution in [1.82, 2.24) is 4.98 Å². The fraction of sp³-hybridized carbons (Fsp3) is 0.476. The van der Waals surface area contributed by atoms with Gasteiger partial charge in [0.05, 0.1) is 10.0 Å². The van der Waals surface area contributed by atoms with Gasteiger partial charge in [-0.3, -0.25) is 4.79 Å². The minimum Gasteiger partial charge on any atom is -0.341 e. The van der Waals surface area contributed by atoms with Gasteiger partial charge in [-0.25, -0.2) is 0 Å². The Morgan fingerprint density at radius 3 is 1.77 bits per heavy atom. The lowest BCUT2D eigenvalue weighted by Gasteiger charge is -2.26. The molecule has 5 heteroatoms. The van der Waals surface area contributed by atoms with Crippen LogP contribution < -0.4 is 0 Å². The third-order valence-corrected chi connectivity index (χ3v) is 5.72. The van der Waals surface area contributed by atoms with Crippen molar-refractivity contribution in [3.63, 3.8) is 0 Å². The predicted molar refractivity (Wildman–Crippen MR) is 112 cm³/mol. The molecule has 1 aromatic carbocycles. The summed E-state index contributed by atoms with van der Waals surface area (Å²) in [5.74, 6) is -0.0951. The zero-order chi connectivity index (χ0) is 19.9. The van der Waals surface area contributed by atoms with Crippen LogP contribution in [-0.4, -0.2) is 10.8 Å². The van der Waals surface area contributed by atoms with Crippen LogP contribution in [0.2, 0.25) is 15.2 Å². The molecule has 1 aromatic heterocycles. The molecule has 1 N–H and O–H groups in total. The third-order valence-electron chi connectivity index (χ3n) is 4.48. The van der Waals surface area contributed by atoms with Crippen molar-refractivity contribution in [3.05, 3.63) is 55.8 Å². The summed E-state index contributed by atoms with van der Waals surface area (Å²) in [4.78, 5) is 15.3. The first-order chi connectivity index (χ1) is 11.8. The summed E-state index contributed by atoms with van der Waals surface area (Å²) in [6, 6.07) is 6.66. The fourth-order valence-electron chi connectivity index (χ4n) is 2.70. The van der Waals surface area contributed by atoms with E-state index in [1.54, 1.807) is 0 Å². The molecule has 0 fully saturated rings. The smallest absolute Gasteiger partial charge is 0.180 e. The van der Waals surface area contributed by atoms with Crippen LogP contribution in [0, 0.1) is 0 Å². The zero-order valence-electron chi connectivity index (χ0n) is 16.2. The van der Waals surface area contributed by atoms with Crippen LogP contribution in [0.1, 0.15) is 75.1 Å². The highest BCUT2D eigenvalue weighted by atomic mass is 35.5. The number of aryl methyl sites for hydroxylation is 1. The second kappa shape index (κ2) is 7.58. The molecule has 0 saturated heterocycles. The van der Waals surface area contributed by atoms with E-state index in [2.05, 4.69) is 64.7 Å². The van der Waals surface area contributed by atoms with E-state index in [0.29, 0.717) is 12.8 Å². The molecule has 2 aromatic rings. The largest absolute Gasteiger partial charge is 0.341 e. The second-order valence-corrected chi connectivity index (χ2v) is 9.92. The minimum absolute atomic E-state index is 0.0455. The van der Waals surface area contributed by atoms with E-state index < -0.39 is 0 Å². The van der Waals surface area contributed by atoms with Crippen molar-refractivity contribution < 1.29 is 4.79 Å². The standard InChI is InChI=1S/C21H26Cl3NO/c1-20(2,3)13-9-12(10-14(11-13)21(4,5)6)7-8-15(26)18-16(22)17(23)19(24)25-18/h9-11,25H,7-8H2,1-6H3. The average molecular weight is 415 g/mol. The summed E-state index contributed by atoms with van der Waals surface area (Å²) >= 11 is 18.0. The normalized spacial score (nSPS) is 12.5. The number of aromatic amines is 1. The molecule has 0 atom stereocenters. The molecule has 1 heterocycles. The summed E-state index contributed by atoms with van der Waals surface area (Å²) in [6.45, 7) is 13.2. The lowest BCUT2D eigenvalue weighted by Crippen LogP contribution is -2.17. The summed E-state index contributed by atoms with van der Waals surface area (Å²) in [6.07, 6.45) is 0.973. The van der Waals surface area contributed by atoms with Crippen molar-refractivity contribution in [2.24, 2.45) is 0 Å². The van der Waals surface area contributed by atoms with Gasteiger partial charge in [-0.1, -0.05) is 94.5 Å². The highest BCUT2D eigenvalue weighted by Crippen LogP contribution is 2.34. The van der Waals surface area contributed by atoms with Gasteiger partial charge in [0.15, 0.2) is 5.78 Å². The van der Waals surface area contributed by atoms with Gasteiger partial charge < -0.3 is 4.98 Å². The number of carbonyl (C=O) groups excluding carboxylic acids is 1. The van der Waals surface area contributed by atoms with Gasteiger partial charge in [-0.05, 0) is 33.9 Å². The van der Waals surface area contributed by atoms with E-state index in [4.69, 9.17) is 34.8 Å². The molecule has 142 valence electrons. The molecule has 0 amide bonds. The molecule has 2 nitrogen and oxygen atoms in total. The van der Waals surface area contributed by atoms with E-state index >= 15 is 0 Å². The number of hydrogen-bond acceptors (Lipinski definition) is 1. The SMILES string of the molecule is CC(C)(C)c1cc(CCC(=O)c2[nH]c(Cl)c(Cl)c2Cl)cc(C(C)(C)C)c1. The molecule has 0 unspecified atom stereocenters. The van der Waals surface area contributed by atoms with Crippen LogP contribution >= 0.6 is 34.8 Å². The molecule has 0 saturated carbocycles. The molecule has 0 spiro atoms. The molecular formula is C21H26Cl3NO. The van der Waals surface area contributed by atoms with Crippen molar-refractivity contribution in [3.8, 4) is 0 Å². The van der Waals surface area contributed by atoms with E-state index in [-0.39, 0.29) is 37.5 Å². The number of nitrogens with one attached hydrogen (secondary N) is 1. The summed E-state index contributed by atoms with van der Waals surface area (Å²) in [5, 5.41) is 0.590. The van der Waals surface area contributed by atoms with Crippen LogP contribution in [0.3, 0.4) is 0 Å². The minimum atomic E-state index is -0.0951. The van der Waals surface area contributed by atoms with Crippen LogP contribution in [0.5, 0.6) is 0 Å². The van der Waals surface area contributed by atoms with Gasteiger partial charge in [0, 0.05) is 6.42 Å². The molecule has 0 aliphatic carbocycles. The Morgan fingerprint density at radius 1 is 0.885 bits per heavy atom. The monoisotopic (exact) mass is 413 g/mol. The van der Waals surface area contributed by atoms with Gasteiger partial charge in [-0.2, -0.15) is 0 Å². The van der Waals surface area contributed by atoms with Crippen LogP contribution in [-0.2, 0) is 17.3 Å². The molecule has 26 heavy (non-hydrogen) atoms. The summed E-state index contributed by atoms with van der Waals surface area (Å²) in [5.41, 5.74) is 4.07. The summed E-state index contributed by atoms with van der Waals surface area (Å²) < 4.78 is 0. The predicted octanol–water partition coefficient (Wildman–Crippen LogP) is 7.39. The zero-order valence-corrected chi connectivity index (χ0v) is 18.5. The Labute approximate surface area is 171 Å². The Balaban J connectivity index is 2.28. The number of H-pyrrole nitrogens is 1.